The SMILES string of the molecule is CC(C)CC(CN(C)C)Nc1ncc([N+](=O)[O-])cn1. The zero-order valence-electron chi connectivity index (χ0n) is 11.8. The van der Waals surface area contributed by atoms with Crippen molar-refractivity contribution < 1.29 is 4.92 Å². The molecule has 0 saturated heterocycles. The lowest BCUT2D eigenvalue weighted by molar-refractivity contribution is -0.385. The minimum atomic E-state index is -0.505. The number of anilines is 1. The van der Waals surface area contributed by atoms with E-state index in [-0.39, 0.29) is 11.7 Å². The number of nitrogens with zero attached hydrogens (tertiary/aromatic N) is 4. The molecule has 0 spiro atoms. The van der Waals surface area contributed by atoms with Gasteiger partial charge in [-0.25, -0.2) is 9.97 Å². The zero-order valence-corrected chi connectivity index (χ0v) is 11.8. The Morgan fingerprint density at radius 2 is 1.95 bits per heavy atom. The van der Waals surface area contributed by atoms with Crippen molar-refractivity contribution in [2.75, 3.05) is 26.0 Å². The number of hydrogen-bond donors (Lipinski definition) is 1. The molecule has 7 heteroatoms. The third-order valence-electron chi connectivity index (χ3n) is 2.52. The second kappa shape index (κ2) is 6.98. The molecule has 106 valence electrons. The summed E-state index contributed by atoms with van der Waals surface area (Å²) in [5.41, 5.74) is -0.0985. The van der Waals surface area contributed by atoms with E-state index in [0.29, 0.717) is 11.9 Å². The molecule has 1 unspecified atom stereocenters. The summed E-state index contributed by atoms with van der Waals surface area (Å²) in [4.78, 5) is 20.1. The van der Waals surface area contributed by atoms with Crippen LogP contribution in [0, 0.1) is 16.0 Å². The zero-order chi connectivity index (χ0) is 14.4. The van der Waals surface area contributed by atoms with Crippen molar-refractivity contribution in [3.63, 3.8) is 0 Å². The third-order valence-corrected chi connectivity index (χ3v) is 2.52. The highest BCUT2D eigenvalue weighted by Gasteiger charge is 2.14. The van der Waals surface area contributed by atoms with Crippen LogP contribution in [-0.2, 0) is 0 Å². The van der Waals surface area contributed by atoms with E-state index in [4.69, 9.17) is 0 Å². The first kappa shape index (κ1) is 15.3. The molecule has 1 heterocycles. The summed E-state index contributed by atoms with van der Waals surface area (Å²) in [5, 5.41) is 13.7. The summed E-state index contributed by atoms with van der Waals surface area (Å²) in [6.07, 6.45) is 3.42. The number of hydrogen-bond acceptors (Lipinski definition) is 6. The fourth-order valence-corrected chi connectivity index (χ4v) is 1.86. The van der Waals surface area contributed by atoms with Crippen LogP contribution in [0.2, 0.25) is 0 Å². The van der Waals surface area contributed by atoms with Crippen molar-refractivity contribution in [1.82, 2.24) is 14.9 Å². The van der Waals surface area contributed by atoms with E-state index >= 15 is 0 Å². The molecule has 1 aromatic heterocycles. The van der Waals surface area contributed by atoms with Gasteiger partial charge in [-0.2, -0.15) is 0 Å². The molecular weight excluding hydrogens is 246 g/mol. The maximum absolute atomic E-state index is 10.5. The summed E-state index contributed by atoms with van der Waals surface area (Å²) in [6.45, 7) is 5.17. The molecule has 1 rings (SSSR count). The predicted molar refractivity (Wildman–Crippen MR) is 74.1 cm³/mol. The van der Waals surface area contributed by atoms with Gasteiger partial charge in [0, 0.05) is 12.6 Å². The smallest absolute Gasteiger partial charge is 0.305 e. The molecule has 19 heavy (non-hydrogen) atoms. The van der Waals surface area contributed by atoms with Gasteiger partial charge < -0.3 is 10.2 Å². The Morgan fingerprint density at radius 3 is 2.37 bits per heavy atom. The molecule has 1 aromatic rings. The topological polar surface area (TPSA) is 84.2 Å². The molecule has 0 radical (unpaired) electrons. The van der Waals surface area contributed by atoms with Gasteiger partial charge >= 0.3 is 5.69 Å². The van der Waals surface area contributed by atoms with Crippen LogP contribution in [0.4, 0.5) is 11.6 Å². The van der Waals surface area contributed by atoms with Crippen molar-refractivity contribution in [3.05, 3.63) is 22.5 Å². The van der Waals surface area contributed by atoms with Gasteiger partial charge in [-0.05, 0) is 26.4 Å². The van der Waals surface area contributed by atoms with Crippen LogP contribution >= 0.6 is 0 Å². The fraction of sp³-hybridized carbons (Fsp3) is 0.667. The van der Waals surface area contributed by atoms with E-state index in [1.807, 2.05) is 14.1 Å². The van der Waals surface area contributed by atoms with Gasteiger partial charge in [0.25, 0.3) is 0 Å². The Kier molecular flexibility index (Phi) is 5.62. The molecule has 0 saturated carbocycles. The molecule has 0 aliphatic rings. The minimum absolute atomic E-state index is 0.0985. The van der Waals surface area contributed by atoms with Gasteiger partial charge in [-0.15, -0.1) is 0 Å². The number of likely N-dealkylation sites (N-methyl/N-ethyl adjacent to an activating group) is 1. The molecule has 0 aliphatic carbocycles. The van der Waals surface area contributed by atoms with Crippen molar-refractivity contribution in [2.45, 2.75) is 26.3 Å². The summed E-state index contributed by atoms with van der Waals surface area (Å²) < 4.78 is 0. The van der Waals surface area contributed by atoms with E-state index in [1.54, 1.807) is 0 Å². The Morgan fingerprint density at radius 1 is 1.37 bits per heavy atom. The van der Waals surface area contributed by atoms with E-state index in [2.05, 4.69) is 34.0 Å². The molecule has 1 N–H and O–H groups in total. The average Bonchev–Trinajstić information content (AvgIpc) is 2.27. The summed E-state index contributed by atoms with van der Waals surface area (Å²) in [5.74, 6) is 0.980. The van der Waals surface area contributed by atoms with Gasteiger partial charge in [0.1, 0.15) is 12.4 Å². The minimum Gasteiger partial charge on any atom is -0.350 e. The second-order valence-corrected chi connectivity index (χ2v) is 5.26. The van der Waals surface area contributed by atoms with E-state index in [0.717, 1.165) is 13.0 Å². The maximum Gasteiger partial charge on any atom is 0.305 e. The van der Waals surface area contributed by atoms with Crippen LogP contribution in [0.5, 0.6) is 0 Å². The van der Waals surface area contributed by atoms with Crippen molar-refractivity contribution in [3.8, 4) is 0 Å². The molecule has 7 nitrogen and oxygen atoms in total. The standard InChI is InChI=1S/C12H21N5O2/c1-9(2)5-10(8-16(3)4)15-12-13-6-11(7-14-12)17(18)19/h6-7,9-10H,5,8H2,1-4H3,(H,13,14,15). The highest BCUT2D eigenvalue weighted by molar-refractivity contribution is 5.31. The van der Waals surface area contributed by atoms with E-state index in [9.17, 15) is 10.1 Å². The Balaban J connectivity index is 2.69. The number of nitro groups is 1. The molecule has 0 fully saturated rings. The summed E-state index contributed by atoms with van der Waals surface area (Å²) >= 11 is 0. The first-order valence-corrected chi connectivity index (χ1v) is 6.26. The first-order chi connectivity index (χ1) is 8.88. The third kappa shape index (κ3) is 5.60. The van der Waals surface area contributed by atoms with E-state index in [1.165, 1.54) is 12.4 Å². The Bertz CT molecular complexity index is 395. The summed E-state index contributed by atoms with van der Waals surface area (Å²) in [7, 11) is 4.01. The monoisotopic (exact) mass is 267 g/mol. The van der Waals surface area contributed by atoms with Crippen LogP contribution in [0.25, 0.3) is 0 Å². The molecule has 0 amide bonds. The molecule has 0 aromatic carbocycles. The molecule has 0 aliphatic heterocycles. The van der Waals surface area contributed by atoms with Gasteiger partial charge in [0.2, 0.25) is 5.95 Å². The van der Waals surface area contributed by atoms with Crippen LogP contribution < -0.4 is 5.32 Å². The molecule has 1 atom stereocenters. The van der Waals surface area contributed by atoms with Gasteiger partial charge in [-0.1, -0.05) is 13.8 Å². The van der Waals surface area contributed by atoms with Crippen LogP contribution in [0.1, 0.15) is 20.3 Å². The first-order valence-electron chi connectivity index (χ1n) is 6.26. The summed E-state index contributed by atoms with van der Waals surface area (Å²) in [6, 6.07) is 0.219. The quantitative estimate of drug-likeness (QED) is 0.598. The molecule has 0 bridgehead atoms. The van der Waals surface area contributed by atoms with Gasteiger partial charge in [-0.3, -0.25) is 10.1 Å². The van der Waals surface area contributed by atoms with E-state index < -0.39 is 4.92 Å². The lowest BCUT2D eigenvalue weighted by Gasteiger charge is -2.23. The number of rotatable bonds is 7. The fourth-order valence-electron chi connectivity index (χ4n) is 1.86. The van der Waals surface area contributed by atoms with Crippen molar-refractivity contribution in [1.29, 1.82) is 0 Å². The van der Waals surface area contributed by atoms with Crippen molar-refractivity contribution in [2.24, 2.45) is 5.92 Å². The average molecular weight is 267 g/mol. The van der Waals surface area contributed by atoms with Crippen LogP contribution in [0.15, 0.2) is 12.4 Å². The second-order valence-electron chi connectivity index (χ2n) is 5.26. The number of aromatic nitrogens is 2. The normalized spacial score (nSPS) is 12.7. The van der Waals surface area contributed by atoms with Crippen molar-refractivity contribution >= 4 is 11.6 Å². The predicted octanol–water partition coefficient (Wildman–Crippen LogP) is 1.77. The Labute approximate surface area is 113 Å². The van der Waals surface area contributed by atoms with Crippen LogP contribution in [-0.4, -0.2) is 46.5 Å². The number of nitrogens with one attached hydrogen (secondary N) is 1. The molecular formula is C12H21N5O2. The van der Waals surface area contributed by atoms with Gasteiger partial charge in [0.15, 0.2) is 0 Å². The lowest BCUT2D eigenvalue weighted by atomic mass is 10.0. The lowest BCUT2D eigenvalue weighted by Crippen LogP contribution is -2.34. The maximum atomic E-state index is 10.5. The van der Waals surface area contributed by atoms with Gasteiger partial charge in [0.05, 0.1) is 4.92 Å². The largest absolute Gasteiger partial charge is 0.350 e. The van der Waals surface area contributed by atoms with Crippen LogP contribution in [0.3, 0.4) is 0 Å². The Hall–Kier alpha value is -1.76. The highest BCUT2D eigenvalue weighted by Crippen LogP contribution is 2.12. The highest BCUT2D eigenvalue weighted by atomic mass is 16.6.